The van der Waals surface area contributed by atoms with Gasteiger partial charge in [0, 0.05) is 18.5 Å². The predicted molar refractivity (Wildman–Crippen MR) is 97.3 cm³/mol. The summed E-state index contributed by atoms with van der Waals surface area (Å²) in [6, 6.07) is 13.6. The molecule has 4 heteroatoms. The normalized spacial score (nSPS) is 17.5. The number of Topliss-reactive ketones (excluding diaryl/α,β-unsaturated/α-hetero) is 1. The minimum atomic E-state index is 0.0617. The van der Waals surface area contributed by atoms with Gasteiger partial charge in [-0.1, -0.05) is 35.9 Å². The zero-order valence-electron chi connectivity index (χ0n) is 13.8. The summed E-state index contributed by atoms with van der Waals surface area (Å²) in [7, 11) is 1.56. The Kier molecular flexibility index (Phi) is 5.54. The number of benzene rings is 2. The van der Waals surface area contributed by atoms with Crippen molar-refractivity contribution in [2.24, 2.45) is 0 Å². The van der Waals surface area contributed by atoms with E-state index in [4.69, 9.17) is 16.3 Å². The van der Waals surface area contributed by atoms with Crippen molar-refractivity contribution < 1.29 is 9.53 Å². The van der Waals surface area contributed by atoms with Gasteiger partial charge in [0.15, 0.2) is 5.78 Å². The maximum Gasteiger partial charge on any atom is 0.167 e. The summed E-state index contributed by atoms with van der Waals surface area (Å²) >= 11 is 6.10. The lowest BCUT2D eigenvalue weighted by Gasteiger charge is -2.23. The standard InChI is InChI=1S/C20H22ClNO2/c1-24-20-9-8-16(12-18(20)21)19(23)11-14-4-6-15(7-5-14)17-3-2-10-22-13-17/h4-9,12,17,22H,2-3,10-11,13H2,1H3/t17-/m0/s1. The summed E-state index contributed by atoms with van der Waals surface area (Å²) < 4.78 is 5.12. The number of piperidine rings is 1. The number of ketones is 1. The van der Waals surface area contributed by atoms with Crippen molar-refractivity contribution in [3.8, 4) is 5.75 Å². The van der Waals surface area contributed by atoms with Gasteiger partial charge in [-0.2, -0.15) is 0 Å². The van der Waals surface area contributed by atoms with Crippen molar-refractivity contribution in [1.82, 2.24) is 5.32 Å². The molecule has 1 saturated heterocycles. The Hall–Kier alpha value is -1.84. The van der Waals surface area contributed by atoms with E-state index in [-0.39, 0.29) is 5.78 Å². The first-order valence-corrected chi connectivity index (χ1v) is 8.71. The van der Waals surface area contributed by atoms with Crippen LogP contribution in [-0.4, -0.2) is 26.0 Å². The topological polar surface area (TPSA) is 38.3 Å². The molecule has 0 saturated carbocycles. The predicted octanol–water partition coefficient (Wildman–Crippen LogP) is 4.24. The molecule has 2 aromatic rings. The Bertz CT molecular complexity index is 706. The second-order valence-electron chi connectivity index (χ2n) is 6.23. The van der Waals surface area contributed by atoms with Gasteiger partial charge in [0.05, 0.1) is 12.1 Å². The van der Waals surface area contributed by atoms with Crippen LogP contribution in [0.25, 0.3) is 0 Å². The van der Waals surface area contributed by atoms with Gasteiger partial charge in [0.25, 0.3) is 0 Å². The Morgan fingerprint density at radius 2 is 2.04 bits per heavy atom. The Morgan fingerprint density at radius 1 is 1.25 bits per heavy atom. The van der Waals surface area contributed by atoms with Gasteiger partial charge in [0.1, 0.15) is 5.75 Å². The third-order valence-electron chi connectivity index (χ3n) is 4.59. The molecule has 1 aliphatic rings. The SMILES string of the molecule is COc1ccc(C(=O)Cc2ccc([C@H]3CCCNC3)cc2)cc1Cl. The summed E-state index contributed by atoms with van der Waals surface area (Å²) in [4.78, 5) is 12.4. The number of carbonyl (C=O) groups is 1. The molecule has 126 valence electrons. The van der Waals surface area contributed by atoms with E-state index in [9.17, 15) is 4.79 Å². The average molecular weight is 344 g/mol. The smallest absolute Gasteiger partial charge is 0.167 e. The quantitative estimate of drug-likeness (QED) is 0.825. The van der Waals surface area contributed by atoms with E-state index in [1.807, 2.05) is 0 Å². The molecule has 0 aliphatic carbocycles. The van der Waals surface area contributed by atoms with Crippen LogP contribution in [0.4, 0.5) is 0 Å². The highest BCUT2D eigenvalue weighted by Gasteiger charge is 2.15. The zero-order chi connectivity index (χ0) is 16.9. The molecule has 0 bridgehead atoms. The Balaban J connectivity index is 1.67. The van der Waals surface area contributed by atoms with Crippen LogP contribution in [0.3, 0.4) is 0 Å². The lowest BCUT2D eigenvalue weighted by molar-refractivity contribution is 0.0993. The minimum Gasteiger partial charge on any atom is -0.495 e. The Labute approximate surface area is 148 Å². The number of carbonyl (C=O) groups excluding carboxylic acids is 1. The minimum absolute atomic E-state index is 0.0617. The molecule has 1 heterocycles. The summed E-state index contributed by atoms with van der Waals surface area (Å²) in [5, 5.41) is 3.90. The molecule has 1 fully saturated rings. The summed E-state index contributed by atoms with van der Waals surface area (Å²) in [6.07, 6.45) is 2.84. The monoisotopic (exact) mass is 343 g/mol. The van der Waals surface area contributed by atoms with Crippen LogP contribution in [0.2, 0.25) is 5.02 Å². The number of rotatable bonds is 5. The lowest BCUT2D eigenvalue weighted by atomic mass is 9.90. The van der Waals surface area contributed by atoms with Gasteiger partial charge in [-0.15, -0.1) is 0 Å². The van der Waals surface area contributed by atoms with Gasteiger partial charge in [-0.3, -0.25) is 4.79 Å². The van der Waals surface area contributed by atoms with Crippen molar-refractivity contribution in [3.05, 3.63) is 64.2 Å². The summed E-state index contributed by atoms with van der Waals surface area (Å²) in [5.41, 5.74) is 2.99. The highest BCUT2D eigenvalue weighted by molar-refractivity contribution is 6.32. The number of hydrogen-bond acceptors (Lipinski definition) is 3. The molecule has 0 spiro atoms. The van der Waals surface area contributed by atoms with Gasteiger partial charge >= 0.3 is 0 Å². The molecule has 0 unspecified atom stereocenters. The Morgan fingerprint density at radius 3 is 2.67 bits per heavy atom. The summed E-state index contributed by atoms with van der Waals surface area (Å²) in [6.45, 7) is 2.16. The van der Waals surface area contributed by atoms with E-state index in [0.29, 0.717) is 28.7 Å². The number of methoxy groups -OCH3 is 1. The van der Waals surface area contributed by atoms with E-state index in [2.05, 4.69) is 29.6 Å². The van der Waals surface area contributed by atoms with E-state index in [0.717, 1.165) is 18.7 Å². The molecule has 3 rings (SSSR count). The van der Waals surface area contributed by atoms with Crippen LogP contribution in [-0.2, 0) is 6.42 Å². The van der Waals surface area contributed by atoms with Crippen LogP contribution in [0, 0.1) is 0 Å². The summed E-state index contributed by atoms with van der Waals surface area (Å²) in [5.74, 6) is 1.23. The fourth-order valence-corrected chi connectivity index (χ4v) is 3.43. The first-order chi connectivity index (χ1) is 11.7. The molecule has 3 nitrogen and oxygen atoms in total. The van der Waals surface area contributed by atoms with Crippen LogP contribution in [0.1, 0.15) is 40.2 Å². The average Bonchev–Trinajstić information content (AvgIpc) is 2.63. The number of halogens is 1. The van der Waals surface area contributed by atoms with Crippen molar-refractivity contribution in [3.63, 3.8) is 0 Å². The number of hydrogen-bond donors (Lipinski definition) is 1. The molecule has 1 atom stereocenters. The molecule has 24 heavy (non-hydrogen) atoms. The second-order valence-corrected chi connectivity index (χ2v) is 6.64. The zero-order valence-corrected chi connectivity index (χ0v) is 14.6. The van der Waals surface area contributed by atoms with Gasteiger partial charge in [-0.25, -0.2) is 0 Å². The highest BCUT2D eigenvalue weighted by atomic mass is 35.5. The van der Waals surface area contributed by atoms with Crippen molar-refractivity contribution in [2.45, 2.75) is 25.2 Å². The lowest BCUT2D eigenvalue weighted by Crippen LogP contribution is -2.28. The van der Waals surface area contributed by atoms with E-state index < -0.39 is 0 Å². The maximum atomic E-state index is 12.4. The third-order valence-corrected chi connectivity index (χ3v) is 4.88. The fourth-order valence-electron chi connectivity index (χ4n) is 3.17. The van der Waals surface area contributed by atoms with Gasteiger partial charge < -0.3 is 10.1 Å². The van der Waals surface area contributed by atoms with E-state index in [1.165, 1.54) is 18.4 Å². The second kappa shape index (κ2) is 7.82. The fraction of sp³-hybridized carbons (Fsp3) is 0.350. The molecular weight excluding hydrogens is 322 g/mol. The van der Waals surface area contributed by atoms with Crippen LogP contribution >= 0.6 is 11.6 Å². The number of nitrogens with one attached hydrogen (secondary N) is 1. The van der Waals surface area contributed by atoms with E-state index in [1.54, 1.807) is 25.3 Å². The van der Waals surface area contributed by atoms with Gasteiger partial charge in [-0.05, 0) is 54.6 Å². The molecule has 0 aromatic heterocycles. The van der Waals surface area contributed by atoms with Crippen LogP contribution in [0.5, 0.6) is 5.75 Å². The largest absolute Gasteiger partial charge is 0.495 e. The molecular formula is C20H22ClNO2. The van der Waals surface area contributed by atoms with Crippen molar-refractivity contribution >= 4 is 17.4 Å². The first-order valence-electron chi connectivity index (χ1n) is 8.33. The van der Waals surface area contributed by atoms with E-state index >= 15 is 0 Å². The molecule has 1 N–H and O–H groups in total. The molecule has 0 radical (unpaired) electrons. The third kappa shape index (κ3) is 3.97. The van der Waals surface area contributed by atoms with Crippen molar-refractivity contribution in [1.29, 1.82) is 0 Å². The van der Waals surface area contributed by atoms with Crippen LogP contribution in [0.15, 0.2) is 42.5 Å². The van der Waals surface area contributed by atoms with Gasteiger partial charge in [0.2, 0.25) is 0 Å². The maximum absolute atomic E-state index is 12.4. The first kappa shape index (κ1) is 17.0. The van der Waals surface area contributed by atoms with Crippen molar-refractivity contribution in [2.75, 3.05) is 20.2 Å². The number of ether oxygens (including phenoxy) is 1. The van der Waals surface area contributed by atoms with Crippen LogP contribution < -0.4 is 10.1 Å². The highest BCUT2D eigenvalue weighted by Crippen LogP contribution is 2.26. The molecule has 2 aromatic carbocycles. The molecule has 1 aliphatic heterocycles. The molecule has 0 amide bonds.